The lowest BCUT2D eigenvalue weighted by Gasteiger charge is -2.07. The minimum absolute atomic E-state index is 0.838. The molecule has 0 spiro atoms. The van der Waals surface area contributed by atoms with Crippen molar-refractivity contribution in [3.05, 3.63) is 70.4 Å². The van der Waals surface area contributed by atoms with Crippen LogP contribution in [0.15, 0.2) is 60.7 Å². The average molecular weight is 752 g/mol. The quantitative estimate of drug-likeness (QED) is 0.0772. The van der Waals surface area contributed by atoms with Crippen molar-refractivity contribution in [1.82, 2.24) is 25.0 Å². The third kappa shape index (κ3) is 8.87. The molecule has 0 radical (unpaired) electrons. The molecule has 0 bridgehead atoms. The molecule has 266 valence electrons. The van der Waals surface area contributed by atoms with Gasteiger partial charge in [0.2, 0.25) is 0 Å². The summed E-state index contributed by atoms with van der Waals surface area (Å²) in [6.45, 7) is 7.63. The van der Waals surface area contributed by atoms with Crippen molar-refractivity contribution in [2.24, 2.45) is 0 Å². The highest BCUT2D eigenvalue weighted by Crippen LogP contribution is 2.44. The Morgan fingerprint density at radius 1 is 0.431 bits per heavy atom. The first-order valence-electron chi connectivity index (χ1n) is 19.1. The molecule has 5 nitrogen and oxygen atoms in total. The van der Waals surface area contributed by atoms with Crippen LogP contribution in [0.2, 0.25) is 0 Å². The Morgan fingerprint density at radius 3 is 1.31 bits per heavy atom. The zero-order valence-electron chi connectivity index (χ0n) is 30.2. The monoisotopic (exact) mass is 751 g/mol. The second-order valence-electron chi connectivity index (χ2n) is 13.6. The van der Waals surface area contributed by atoms with Gasteiger partial charge in [-0.25, -0.2) is 9.97 Å². The Kier molecular flexibility index (Phi) is 12.4. The Hall–Kier alpha value is -3.24. The highest BCUT2D eigenvalue weighted by molar-refractivity contribution is 7.24. The van der Waals surface area contributed by atoms with Gasteiger partial charge in [0.15, 0.2) is 0 Å². The normalized spacial score (nSPS) is 11.8. The van der Waals surface area contributed by atoms with Crippen LogP contribution in [0.1, 0.15) is 108 Å². The maximum Gasteiger partial charge on any atom is 0.115 e. The summed E-state index contributed by atoms with van der Waals surface area (Å²) in [5, 5.41) is 9.67. The molecular weight excluding hydrogens is 703 g/mol. The number of aryl methyl sites for hydroxylation is 3. The number of unbranched alkanes of at least 4 members (excludes halogenated alkanes) is 9. The fraction of sp³-hybridized carbons (Fsp3) is 0.429. The molecule has 0 amide bonds. The summed E-state index contributed by atoms with van der Waals surface area (Å²) in [6.07, 6.45) is 17.5. The van der Waals surface area contributed by atoms with Crippen LogP contribution in [0, 0.1) is 0 Å². The van der Waals surface area contributed by atoms with Gasteiger partial charge in [-0.15, -0.1) is 45.3 Å². The van der Waals surface area contributed by atoms with Gasteiger partial charge in [0.1, 0.15) is 22.4 Å². The molecule has 0 saturated carbocycles. The van der Waals surface area contributed by atoms with E-state index in [0.717, 1.165) is 56.2 Å². The van der Waals surface area contributed by atoms with Crippen molar-refractivity contribution in [3.8, 4) is 40.7 Å². The third-order valence-electron chi connectivity index (χ3n) is 9.46. The molecule has 1 aromatic carbocycles. The molecule has 9 heteroatoms. The standard InChI is InChI=1S/C42H49N5S4/c1-4-7-10-13-16-29-18-20-35(48-29)37-22-24-39(50-37)41-42(40-25-23-38(51-40)36-21-19-30(49-36)17-14-11-8-5-2)44-32-28-34-33(27-31(32)43-41)45-47(46-34)26-15-12-9-6-3/h18-25,27-28H,4-17,26H2,1-3H3. The van der Waals surface area contributed by atoms with Crippen LogP contribution < -0.4 is 0 Å². The van der Waals surface area contributed by atoms with Gasteiger partial charge in [-0.05, 0) is 92.8 Å². The molecule has 6 heterocycles. The van der Waals surface area contributed by atoms with E-state index in [1.807, 2.05) is 50.1 Å². The molecule has 0 aliphatic rings. The first-order chi connectivity index (χ1) is 25.1. The molecule has 0 aliphatic heterocycles. The molecule has 0 atom stereocenters. The molecule has 0 N–H and O–H groups in total. The SMILES string of the molecule is CCCCCCc1ccc(-c2ccc(-c3nc4cc5nn(CCCCCC)nc5cc4nc3-c3ccc(-c4ccc(CCCCCC)s4)s3)s2)s1. The van der Waals surface area contributed by atoms with Crippen LogP contribution in [-0.2, 0) is 19.4 Å². The number of rotatable bonds is 19. The number of benzene rings is 1. The first kappa shape index (κ1) is 36.1. The summed E-state index contributed by atoms with van der Waals surface area (Å²) in [5.41, 5.74) is 5.37. The lowest BCUT2D eigenvalue weighted by molar-refractivity contribution is 0.495. The predicted molar refractivity (Wildman–Crippen MR) is 224 cm³/mol. The Labute approximate surface area is 318 Å². The third-order valence-corrected chi connectivity index (χ3v) is 14.3. The van der Waals surface area contributed by atoms with Crippen LogP contribution in [0.5, 0.6) is 0 Å². The Bertz CT molecular complexity index is 2020. The van der Waals surface area contributed by atoms with Gasteiger partial charge in [-0.2, -0.15) is 15.0 Å². The van der Waals surface area contributed by atoms with Crippen LogP contribution >= 0.6 is 45.3 Å². The summed E-state index contributed by atoms with van der Waals surface area (Å²) in [6, 6.07) is 22.4. The highest BCUT2D eigenvalue weighted by Gasteiger charge is 2.20. The average Bonchev–Trinajstić information content (AvgIpc) is 3.99. The van der Waals surface area contributed by atoms with E-state index >= 15 is 0 Å². The van der Waals surface area contributed by atoms with Crippen molar-refractivity contribution in [1.29, 1.82) is 0 Å². The van der Waals surface area contributed by atoms with Gasteiger partial charge < -0.3 is 0 Å². The Balaban J connectivity index is 1.22. The molecule has 51 heavy (non-hydrogen) atoms. The van der Waals surface area contributed by atoms with E-state index in [4.69, 9.17) is 20.2 Å². The molecule has 6 aromatic heterocycles. The number of aromatic nitrogens is 5. The van der Waals surface area contributed by atoms with E-state index in [9.17, 15) is 0 Å². The van der Waals surface area contributed by atoms with Gasteiger partial charge >= 0.3 is 0 Å². The van der Waals surface area contributed by atoms with Crippen molar-refractivity contribution >= 4 is 67.4 Å². The van der Waals surface area contributed by atoms with Gasteiger partial charge in [0, 0.05) is 29.3 Å². The molecule has 7 aromatic rings. The summed E-state index contributed by atoms with van der Waals surface area (Å²) >= 11 is 7.52. The summed E-state index contributed by atoms with van der Waals surface area (Å²) in [4.78, 5) is 23.1. The van der Waals surface area contributed by atoms with Crippen molar-refractivity contribution in [2.45, 2.75) is 117 Å². The summed E-state index contributed by atoms with van der Waals surface area (Å²) in [7, 11) is 0. The lowest BCUT2D eigenvalue weighted by atomic mass is 10.1. The van der Waals surface area contributed by atoms with Crippen LogP contribution in [0.25, 0.3) is 62.7 Å². The van der Waals surface area contributed by atoms with Crippen molar-refractivity contribution in [2.75, 3.05) is 0 Å². The Morgan fingerprint density at radius 2 is 0.843 bits per heavy atom. The van der Waals surface area contributed by atoms with E-state index in [2.05, 4.69) is 81.4 Å². The predicted octanol–water partition coefficient (Wildman–Crippen LogP) is 14.1. The second-order valence-corrected chi connectivity index (χ2v) is 18.1. The van der Waals surface area contributed by atoms with E-state index in [0.29, 0.717) is 0 Å². The number of nitrogens with zero attached hydrogens (tertiary/aromatic N) is 5. The van der Waals surface area contributed by atoms with Gasteiger partial charge in [-0.1, -0.05) is 78.6 Å². The highest BCUT2D eigenvalue weighted by atomic mass is 32.1. The van der Waals surface area contributed by atoms with Gasteiger partial charge in [0.05, 0.1) is 27.3 Å². The summed E-state index contributed by atoms with van der Waals surface area (Å²) in [5.74, 6) is 0. The minimum atomic E-state index is 0.838. The van der Waals surface area contributed by atoms with Crippen molar-refractivity contribution < 1.29 is 0 Å². The fourth-order valence-corrected chi connectivity index (χ4v) is 10.8. The number of hydrogen-bond acceptors (Lipinski definition) is 8. The van der Waals surface area contributed by atoms with E-state index in [1.165, 1.54) is 113 Å². The maximum absolute atomic E-state index is 5.36. The van der Waals surface area contributed by atoms with Crippen LogP contribution in [0.3, 0.4) is 0 Å². The number of thiophene rings is 4. The molecule has 7 rings (SSSR count). The van der Waals surface area contributed by atoms with E-state index in [-0.39, 0.29) is 0 Å². The zero-order valence-corrected chi connectivity index (χ0v) is 33.5. The molecule has 0 aliphatic carbocycles. The molecule has 0 fully saturated rings. The summed E-state index contributed by atoms with van der Waals surface area (Å²) < 4.78 is 0. The zero-order chi connectivity index (χ0) is 35.0. The number of fused-ring (bicyclic) bond motifs is 2. The number of hydrogen-bond donors (Lipinski definition) is 0. The van der Waals surface area contributed by atoms with Gasteiger partial charge in [0.25, 0.3) is 0 Å². The fourth-order valence-electron chi connectivity index (χ4n) is 6.57. The lowest BCUT2D eigenvalue weighted by Crippen LogP contribution is -2.01. The topological polar surface area (TPSA) is 56.5 Å². The van der Waals surface area contributed by atoms with Crippen molar-refractivity contribution in [3.63, 3.8) is 0 Å². The maximum atomic E-state index is 5.36. The minimum Gasteiger partial charge on any atom is -0.243 e. The molecular formula is C42H49N5S4. The van der Waals surface area contributed by atoms with Gasteiger partial charge in [-0.3, -0.25) is 0 Å². The first-order valence-corrected chi connectivity index (χ1v) is 22.3. The largest absolute Gasteiger partial charge is 0.243 e. The van der Waals surface area contributed by atoms with E-state index in [1.54, 1.807) is 0 Å². The second kappa shape index (κ2) is 17.5. The molecule has 0 unspecified atom stereocenters. The smallest absolute Gasteiger partial charge is 0.115 e. The van der Waals surface area contributed by atoms with E-state index < -0.39 is 0 Å². The molecule has 0 saturated heterocycles. The van der Waals surface area contributed by atoms with Crippen LogP contribution in [0.4, 0.5) is 0 Å². The van der Waals surface area contributed by atoms with Crippen LogP contribution in [-0.4, -0.2) is 25.0 Å².